The van der Waals surface area contributed by atoms with Gasteiger partial charge in [-0.1, -0.05) is 6.92 Å². The molecule has 0 radical (unpaired) electrons. The summed E-state index contributed by atoms with van der Waals surface area (Å²) >= 11 is 2.00. The van der Waals surface area contributed by atoms with Gasteiger partial charge in [-0.2, -0.15) is 11.8 Å². The van der Waals surface area contributed by atoms with E-state index in [1.807, 2.05) is 11.8 Å². The normalized spacial score (nSPS) is 12.8. The summed E-state index contributed by atoms with van der Waals surface area (Å²) in [6.07, 6.45) is 2.28. The minimum Gasteiger partial charge on any atom is -0.352 e. The van der Waals surface area contributed by atoms with Crippen molar-refractivity contribution < 1.29 is 4.79 Å². The lowest BCUT2D eigenvalue weighted by Crippen LogP contribution is -2.30. The van der Waals surface area contributed by atoms with Crippen molar-refractivity contribution in [2.45, 2.75) is 24.6 Å². The molecule has 2 amide bonds. The third-order valence-corrected chi connectivity index (χ3v) is 4.84. The fraction of sp³-hybridized carbons (Fsp3) is 0.857. The fourth-order valence-corrected chi connectivity index (χ4v) is 2.34. The van der Waals surface area contributed by atoms with Crippen LogP contribution < -0.4 is 11.1 Å². The van der Waals surface area contributed by atoms with E-state index in [4.69, 9.17) is 5.73 Å². The molecule has 0 heterocycles. The van der Waals surface area contributed by atoms with E-state index in [2.05, 4.69) is 12.2 Å². The lowest BCUT2D eigenvalue weighted by Gasteiger charge is -2.07. The zero-order valence-electron chi connectivity index (χ0n) is 7.80. The molecule has 0 rings (SSSR count). The number of amides is 2. The van der Waals surface area contributed by atoms with Gasteiger partial charge >= 0.3 is 6.03 Å². The van der Waals surface area contributed by atoms with Crippen molar-refractivity contribution in [3.8, 4) is 0 Å². The first-order valence-electron chi connectivity index (χ1n) is 4.31. The van der Waals surface area contributed by atoms with Crippen LogP contribution in [0.2, 0.25) is 0 Å². The molecule has 72 valence electrons. The molecule has 0 aromatic heterocycles. The molecule has 0 aliphatic rings. The second-order valence-corrected chi connectivity index (χ2v) is 6.51. The molecule has 1 unspecified atom stereocenters. The highest BCUT2D eigenvalue weighted by Gasteiger charge is 1.98. The fourth-order valence-electron chi connectivity index (χ4n) is 0.686. The minimum absolute atomic E-state index is 0.419. The van der Waals surface area contributed by atoms with Crippen LogP contribution in [0.15, 0.2) is 0 Å². The van der Waals surface area contributed by atoms with E-state index in [0.29, 0.717) is 6.54 Å². The molecular formula is C7H18N2OSSi. The minimum atomic E-state index is -0.419. The summed E-state index contributed by atoms with van der Waals surface area (Å²) < 4.78 is 0. The lowest BCUT2D eigenvalue weighted by atomic mass is 10.5. The molecule has 3 N–H and O–H groups in total. The molecule has 0 aliphatic heterocycles. The zero-order valence-corrected chi connectivity index (χ0v) is 10.6. The largest absolute Gasteiger partial charge is 0.352 e. The van der Waals surface area contributed by atoms with Gasteiger partial charge in [0.25, 0.3) is 0 Å². The summed E-state index contributed by atoms with van der Waals surface area (Å²) in [4.78, 5) is 11.1. The van der Waals surface area contributed by atoms with Gasteiger partial charge in [-0.15, -0.1) is 0 Å². The molecule has 0 spiro atoms. The van der Waals surface area contributed by atoms with Gasteiger partial charge in [0, 0.05) is 16.8 Å². The Balaban J connectivity index is 3.05. The van der Waals surface area contributed by atoms with Crippen molar-refractivity contribution in [2.75, 3.05) is 12.3 Å². The highest BCUT2D eigenvalue weighted by Crippen LogP contribution is 2.10. The monoisotopic (exact) mass is 206 g/mol. The summed E-state index contributed by atoms with van der Waals surface area (Å²) in [6, 6.07) is -0.419. The number of hydrogen-bond acceptors (Lipinski definition) is 2. The van der Waals surface area contributed by atoms with Crippen molar-refractivity contribution >= 4 is 28.0 Å². The molecular weight excluding hydrogens is 188 g/mol. The van der Waals surface area contributed by atoms with E-state index in [0.717, 1.165) is 17.0 Å². The number of hydrogen-bond donors (Lipinski definition) is 2. The zero-order chi connectivity index (χ0) is 9.40. The maximum atomic E-state index is 10.3. The number of nitrogens with two attached hydrogens (primary N) is 1. The maximum absolute atomic E-state index is 10.3. The standard InChI is InChI=1S/C7H18N2OSSi/c1-2-6(12)11-5-3-4-9-7(8)10/h6H,2-5H2,1,12H3,(H3,8,9,10). The number of carbonyl (C=O) groups excluding carboxylic acids is 1. The molecule has 0 fully saturated rings. The quantitative estimate of drug-likeness (QED) is 0.470. The number of carbonyl (C=O) groups is 1. The SMILES string of the molecule is CCC([SiH3])SCCCNC(N)=O. The predicted molar refractivity (Wildman–Crippen MR) is 58.7 cm³/mol. The van der Waals surface area contributed by atoms with Gasteiger partial charge < -0.3 is 11.1 Å². The molecule has 0 saturated carbocycles. The van der Waals surface area contributed by atoms with Gasteiger partial charge in [-0.3, -0.25) is 0 Å². The molecule has 0 saturated heterocycles. The van der Waals surface area contributed by atoms with Crippen LogP contribution in [0.1, 0.15) is 19.8 Å². The summed E-state index contributed by atoms with van der Waals surface area (Å²) in [5, 5.41) is 2.57. The van der Waals surface area contributed by atoms with Crippen molar-refractivity contribution in [3.63, 3.8) is 0 Å². The van der Waals surface area contributed by atoms with Crippen LogP contribution in [-0.4, -0.2) is 33.4 Å². The van der Waals surface area contributed by atoms with Crippen LogP contribution in [0, 0.1) is 0 Å². The van der Waals surface area contributed by atoms with Gasteiger partial charge in [0.15, 0.2) is 0 Å². The van der Waals surface area contributed by atoms with E-state index < -0.39 is 6.03 Å². The van der Waals surface area contributed by atoms with Crippen LogP contribution in [-0.2, 0) is 0 Å². The second-order valence-electron chi connectivity index (χ2n) is 2.73. The molecule has 0 aromatic rings. The summed E-state index contributed by atoms with van der Waals surface area (Å²) in [7, 11) is 1.26. The Hall–Kier alpha value is -0.163. The van der Waals surface area contributed by atoms with Crippen LogP contribution in [0.5, 0.6) is 0 Å². The molecule has 0 aliphatic carbocycles. The molecule has 3 nitrogen and oxygen atoms in total. The molecule has 0 bridgehead atoms. The Morgan fingerprint density at radius 3 is 2.92 bits per heavy atom. The highest BCUT2D eigenvalue weighted by molar-refractivity contribution is 8.00. The van der Waals surface area contributed by atoms with Gasteiger partial charge in [-0.25, -0.2) is 4.79 Å². The van der Waals surface area contributed by atoms with Crippen molar-refractivity contribution in [2.24, 2.45) is 5.73 Å². The smallest absolute Gasteiger partial charge is 0.312 e. The third kappa shape index (κ3) is 7.94. The van der Waals surface area contributed by atoms with E-state index in [1.54, 1.807) is 0 Å². The highest BCUT2D eigenvalue weighted by atomic mass is 32.2. The van der Waals surface area contributed by atoms with Crippen LogP contribution in [0.3, 0.4) is 0 Å². The topological polar surface area (TPSA) is 55.1 Å². The van der Waals surface area contributed by atoms with Crippen molar-refractivity contribution in [3.05, 3.63) is 0 Å². The van der Waals surface area contributed by atoms with E-state index in [9.17, 15) is 4.79 Å². The number of rotatable bonds is 6. The van der Waals surface area contributed by atoms with Gasteiger partial charge in [-0.05, 0) is 23.5 Å². The third-order valence-electron chi connectivity index (χ3n) is 1.60. The Bertz CT molecular complexity index is 135. The first kappa shape index (κ1) is 11.8. The lowest BCUT2D eigenvalue weighted by molar-refractivity contribution is 0.249. The van der Waals surface area contributed by atoms with E-state index in [1.165, 1.54) is 16.7 Å². The Morgan fingerprint density at radius 2 is 2.42 bits per heavy atom. The van der Waals surface area contributed by atoms with E-state index in [-0.39, 0.29) is 0 Å². The van der Waals surface area contributed by atoms with Gasteiger partial charge in [0.2, 0.25) is 0 Å². The molecule has 0 aromatic carbocycles. The van der Waals surface area contributed by atoms with Crippen LogP contribution in [0.25, 0.3) is 0 Å². The van der Waals surface area contributed by atoms with Crippen molar-refractivity contribution in [1.29, 1.82) is 0 Å². The Labute approximate surface area is 81.3 Å². The average molecular weight is 206 g/mol. The summed E-state index contributed by atoms with van der Waals surface area (Å²) in [5.41, 5.74) is 4.91. The predicted octanol–water partition coefficient (Wildman–Crippen LogP) is -0.120. The number of primary amides is 1. The summed E-state index contributed by atoms with van der Waals surface area (Å²) in [5.74, 6) is 1.13. The van der Waals surface area contributed by atoms with Gasteiger partial charge in [0.05, 0.1) is 0 Å². The number of thioether (sulfide) groups is 1. The van der Waals surface area contributed by atoms with Gasteiger partial charge in [0.1, 0.15) is 0 Å². The first-order valence-corrected chi connectivity index (χ1v) is 6.52. The number of urea groups is 1. The first-order chi connectivity index (χ1) is 5.66. The molecule has 5 heteroatoms. The average Bonchev–Trinajstić information content (AvgIpc) is 2.03. The maximum Gasteiger partial charge on any atom is 0.312 e. The van der Waals surface area contributed by atoms with Crippen LogP contribution in [0.4, 0.5) is 4.79 Å². The Kier molecular flexibility index (Phi) is 7.38. The molecule has 1 atom stereocenters. The second kappa shape index (κ2) is 7.48. The number of nitrogens with one attached hydrogen (secondary N) is 1. The Morgan fingerprint density at radius 1 is 1.75 bits per heavy atom. The summed E-state index contributed by atoms with van der Waals surface area (Å²) in [6.45, 7) is 2.92. The molecule has 12 heavy (non-hydrogen) atoms. The van der Waals surface area contributed by atoms with Crippen molar-refractivity contribution in [1.82, 2.24) is 5.32 Å². The van der Waals surface area contributed by atoms with Crippen LogP contribution >= 0.6 is 11.8 Å². The van der Waals surface area contributed by atoms with E-state index >= 15 is 0 Å².